The van der Waals surface area contributed by atoms with Crippen LogP contribution in [0.3, 0.4) is 0 Å². The molecule has 0 bridgehead atoms. The Balaban J connectivity index is 1.61. The highest BCUT2D eigenvalue weighted by Crippen LogP contribution is 2.42. The van der Waals surface area contributed by atoms with Crippen LogP contribution in [0.1, 0.15) is 42.1 Å². The van der Waals surface area contributed by atoms with Crippen LogP contribution in [0.4, 0.5) is 4.79 Å². The highest BCUT2D eigenvalue weighted by Gasteiger charge is 2.38. The summed E-state index contributed by atoms with van der Waals surface area (Å²) in [5.74, 6) is 1.22. The van der Waals surface area contributed by atoms with Crippen molar-refractivity contribution in [1.29, 1.82) is 0 Å². The third-order valence-electron chi connectivity index (χ3n) is 3.71. The van der Waals surface area contributed by atoms with Gasteiger partial charge >= 0.3 is 6.03 Å². The molecule has 2 fully saturated rings. The number of aromatic nitrogens is 1. The monoisotopic (exact) mass is 265 g/mol. The van der Waals surface area contributed by atoms with Gasteiger partial charge in [-0.15, -0.1) is 11.3 Å². The van der Waals surface area contributed by atoms with Crippen molar-refractivity contribution in [2.75, 3.05) is 0 Å². The standard InChI is InChI=1S/C13H19N3OS/c1-7-5-10(7)15-13(17)16-11(9-3-4-9)12-14-6-8(2)18-12/h6-7,9-11H,3-5H2,1-2H3,(H2,15,16,17)/t7-,10-,11-/m1/s1. The maximum Gasteiger partial charge on any atom is 0.315 e. The molecule has 0 radical (unpaired) electrons. The number of aryl methyl sites for hydroxylation is 1. The molecule has 0 aliphatic heterocycles. The fourth-order valence-electron chi connectivity index (χ4n) is 2.20. The number of hydrogen-bond donors (Lipinski definition) is 2. The molecule has 98 valence electrons. The summed E-state index contributed by atoms with van der Waals surface area (Å²) in [5, 5.41) is 7.17. The average molecular weight is 265 g/mol. The van der Waals surface area contributed by atoms with Gasteiger partial charge in [-0.1, -0.05) is 6.92 Å². The van der Waals surface area contributed by atoms with Crippen LogP contribution in [0, 0.1) is 18.8 Å². The second-order valence-corrected chi connectivity index (χ2v) is 6.83. The van der Waals surface area contributed by atoms with Gasteiger partial charge in [0, 0.05) is 17.1 Å². The summed E-state index contributed by atoms with van der Waals surface area (Å²) in [6.45, 7) is 4.21. The SMILES string of the molecule is Cc1cnc([C@H](NC(=O)N[C@@H]2C[C@H]2C)C2CC2)s1. The lowest BCUT2D eigenvalue weighted by atomic mass is 10.2. The van der Waals surface area contributed by atoms with Crippen LogP contribution < -0.4 is 10.6 Å². The van der Waals surface area contributed by atoms with Crippen LogP contribution in [-0.4, -0.2) is 17.1 Å². The lowest BCUT2D eigenvalue weighted by molar-refractivity contribution is 0.234. The van der Waals surface area contributed by atoms with Crippen molar-refractivity contribution in [3.05, 3.63) is 16.1 Å². The molecule has 18 heavy (non-hydrogen) atoms. The number of thiazole rings is 1. The molecule has 5 heteroatoms. The maximum atomic E-state index is 11.9. The summed E-state index contributed by atoms with van der Waals surface area (Å²) in [6.07, 6.45) is 5.39. The first-order valence-electron chi connectivity index (χ1n) is 6.63. The topological polar surface area (TPSA) is 54.0 Å². The molecule has 4 nitrogen and oxygen atoms in total. The van der Waals surface area contributed by atoms with E-state index in [4.69, 9.17) is 0 Å². The van der Waals surface area contributed by atoms with Crippen molar-refractivity contribution >= 4 is 17.4 Å². The van der Waals surface area contributed by atoms with Gasteiger partial charge in [0.1, 0.15) is 5.01 Å². The second kappa shape index (κ2) is 4.53. The Kier molecular flexibility index (Phi) is 3.01. The molecule has 0 aromatic carbocycles. The van der Waals surface area contributed by atoms with E-state index in [1.54, 1.807) is 11.3 Å². The predicted octanol–water partition coefficient (Wildman–Crippen LogP) is 2.61. The van der Waals surface area contributed by atoms with Gasteiger partial charge in [-0.25, -0.2) is 9.78 Å². The first-order chi connectivity index (χ1) is 8.63. The molecule has 2 amide bonds. The maximum absolute atomic E-state index is 11.9. The zero-order chi connectivity index (χ0) is 12.7. The molecule has 2 aliphatic carbocycles. The van der Waals surface area contributed by atoms with Crippen LogP contribution in [-0.2, 0) is 0 Å². The van der Waals surface area contributed by atoms with Crippen LogP contribution >= 0.6 is 11.3 Å². The zero-order valence-electron chi connectivity index (χ0n) is 10.8. The first-order valence-corrected chi connectivity index (χ1v) is 7.44. The number of amides is 2. The normalized spacial score (nSPS) is 27.7. The van der Waals surface area contributed by atoms with E-state index in [0.717, 1.165) is 11.4 Å². The van der Waals surface area contributed by atoms with Crippen LogP contribution in [0.15, 0.2) is 6.20 Å². The largest absolute Gasteiger partial charge is 0.335 e. The van der Waals surface area contributed by atoms with E-state index in [-0.39, 0.29) is 12.1 Å². The van der Waals surface area contributed by atoms with E-state index < -0.39 is 0 Å². The number of nitrogens with zero attached hydrogens (tertiary/aromatic N) is 1. The Morgan fingerprint density at radius 2 is 2.28 bits per heavy atom. The van der Waals surface area contributed by atoms with E-state index in [1.807, 2.05) is 6.20 Å². The second-order valence-electron chi connectivity index (χ2n) is 5.56. The zero-order valence-corrected chi connectivity index (χ0v) is 11.6. The molecule has 2 N–H and O–H groups in total. The lowest BCUT2D eigenvalue weighted by Crippen LogP contribution is -2.40. The lowest BCUT2D eigenvalue weighted by Gasteiger charge is -2.16. The van der Waals surface area contributed by atoms with Gasteiger partial charge in [-0.3, -0.25) is 0 Å². The van der Waals surface area contributed by atoms with Crippen molar-refractivity contribution in [2.45, 2.75) is 45.2 Å². The minimum absolute atomic E-state index is 0.0332. The number of rotatable bonds is 4. The van der Waals surface area contributed by atoms with E-state index in [0.29, 0.717) is 17.9 Å². The van der Waals surface area contributed by atoms with Gasteiger partial charge in [-0.2, -0.15) is 0 Å². The van der Waals surface area contributed by atoms with Gasteiger partial charge in [0.05, 0.1) is 6.04 Å². The Morgan fingerprint density at radius 1 is 1.56 bits per heavy atom. The fraction of sp³-hybridized carbons (Fsp3) is 0.692. The number of nitrogens with one attached hydrogen (secondary N) is 2. The smallest absolute Gasteiger partial charge is 0.315 e. The Morgan fingerprint density at radius 3 is 2.78 bits per heavy atom. The highest BCUT2D eigenvalue weighted by atomic mass is 32.1. The van der Waals surface area contributed by atoms with Gasteiger partial charge in [0.15, 0.2) is 0 Å². The number of carbonyl (C=O) groups excluding carboxylic acids is 1. The van der Waals surface area contributed by atoms with Crippen molar-refractivity contribution in [1.82, 2.24) is 15.6 Å². The Hall–Kier alpha value is -1.10. The molecule has 1 heterocycles. The molecule has 0 spiro atoms. The summed E-state index contributed by atoms with van der Waals surface area (Å²) in [6, 6.07) is 0.453. The van der Waals surface area contributed by atoms with Crippen LogP contribution in [0.25, 0.3) is 0 Å². The van der Waals surface area contributed by atoms with Gasteiger partial charge in [0.25, 0.3) is 0 Å². The van der Waals surface area contributed by atoms with E-state index in [9.17, 15) is 4.79 Å². The Labute approximate surface area is 111 Å². The minimum atomic E-state index is -0.0332. The van der Waals surface area contributed by atoms with Crippen molar-refractivity contribution in [3.8, 4) is 0 Å². The van der Waals surface area contributed by atoms with Crippen molar-refractivity contribution < 1.29 is 4.79 Å². The molecule has 1 aromatic heterocycles. The van der Waals surface area contributed by atoms with Crippen LogP contribution in [0.5, 0.6) is 0 Å². The molecule has 3 rings (SSSR count). The predicted molar refractivity (Wildman–Crippen MR) is 71.6 cm³/mol. The molecule has 0 unspecified atom stereocenters. The van der Waals surface area contributed by atoms with E-state index in [2.05, 4.69) is 29.5 Å². The molecule has 0 saturated heterocycles. The Bertz CT molecular complexity index is 455. The number of carbonyl (C=O) groups is 1. The molecule has 1 aromatic rings. The molecular formula is C13H19N3OS. The summed E-state index contributed by atoms with van der Waals surface area (Å²) < 4.78 is 0. The molecule has 2 aliphatic rings. The van der Waals surface area contributed by atoms with Gasteiger partial charge in [-0.05, 0) is 38.0 Å². The van der Waals surface area contributed by atoms with E-state index >= 15 is 0 Å². The number of hydrogen-bond acceptors (Lipinski definition) is 3. The van der Waals surface area contributed by atoms with E-state index in [1.165, 1.54) is 17.7 Å². The average Bonchev–Trinajstić information content (AvgIpc) is 3.21. The summed E-state index contributed by atoms with van der Waals surface area (Å²) in [5.41, 5.74) is 0. The quantitative estimate of drug-likeness (QED) is 0.879. The van der Waals surface area contributed by atoms with Crippen molar-refractivity contribution in [3.63, 3.8) is 0 Å². The first kappa shape index (κ1) is 12.0. The van der Waals surface area contributed by atoms with Crippen molar-refractivity contribution in [2.24, 2.45) is 11.8 Å². The van der Waals surface area contributed by atoms with Crippen LogP contribution in [0.2, 0.25) is 0 Å². The minimum Gasteiger partial charge on any atom is -0.335 e. The summed E-state index contributed by atoms with van der Waals surface area (Å²) in [7, 11) is 0. The van der Waals surface area contributed by atoms with Gasteiger partial charge in [0.2, 0.25) is 0 Å². The third-order valence-corrected chi connectivity index (χ3v) is 4.71. The molecule has 3 atom stereocenters. The highest BCUT2D eigenvalue weighted by molar-refractivity contribution is 7.11. The number of urea groups is 1. The fourth-order valence-corrected chi connectivity index (χ4v) is 3.12. The van der Waals surface area contributed by atoms with Gasteiger partial charge < -0.3 is 10.6 Å². The molecule has 2 saturated carbocycles. The third kappa shape index (κ3) is 2.66. The summed E-state index contributed by atoms with van der Waals surface area (Å²) >= 11 is 1.69. The molecular weight excluding hydrogens is 246 g/mol. The summed E-state index contributed by atoms with van der Waals surface area (Å²) in [4.78, 5) is 17.5.